The van der Waals surface area contributed by atoms with Crippen LogP contribution in [0, 0.1) is 5.82 Å². The van der Waals surface area contributed by atoms with Crippen molar-refractivity contribution in [3.05, 3.63) is 56.7 Å². The van der Waals surface area contributed by atoms with Crippen LogP contribution in [-0.4, -0.2) is 15.8 Å². The molecule has 0 radical (unpaired) electrons. The molecule has 2 rings (SSSR count). The van der Waals surface area contributed by atoms with Gasteiger partial charge in [-0.1, -0.05) is 22.0 Å². The lowest BCUT2D eigenvalue weighted by atomic mass is 10.2. The van der Waals surface area contributed by atoms with E-state index in [9.17, 15) is 9.18 Å². The highest BCUT2D eigenvalue weighted by atomic mass is 79.9. The highest BCUT2D eigenvalue weighted by Crippen LogP contribution is 2.18. The molecule has 1 heterocycles. The molecule has 106 valence electrons. The molecule has 0 aliphatic carbocycles. The number of hydrogen-bond acceptors (Lipinski definition) is 3. The average molecular weight is 340 g/mol. The first-order valence-corrected chi connectivity index (χ1v) is 7.02. The van der Waals surface area contributed by atoms with E-state index in [0.717, 1.165) is 5.56 Å². The van der Waals surface area contributed by atoms with Crippen LogP contribution in [0.1, 0.15) is 19.4 Å². The number of benzene rings is 1. The van der Waals surface area contributed by atoms with Gasteiger partial charge >= 0.3 is 0 Å². The molecule has 4 nitrogen and oxygen atoms in total. The fourth-order valence-corrected chi connectivity index (χ4v) is 2.25. The van der Waals surface area contributed by atoms with Crippen molar-refractivity contribution in [2.24, 2.45) is 0 Å². The highest BCUT2D eigenvalue weighted by molar-refractivity contribution is 9.10. The van der Waals surface area contributed by atoms with Crippen LogP contribution in [0.15, 0.2) is 39.7 Å². The van der Waals surface area contributed by atoms with Gasteiger partial charge in [-0.25, -0.2) is 9.07 Å². The van der Waals surface area contributed by atoms with Gasteiger partial charge in [-0.3, -0.25) is 4.79 Å². The van der Waals surface area contributed by atoms with Crippen molar-refractivity contribution in [2.45, 2.75) is 26.4 Å². The molecule has 2 aromatic rings. The van der Waals surface area contributed by atoms with Crippen molar-refractivity contribution >= 4 is 21.6 Å². The summed E-state index contributed by atoms with van der Waals surface area (Å²) in [6.07, 6.45) is 1.61. The Kier molecular flexibility index (Phi) is 4.54. The van der Waals surface area contributed by atoms with Gasteiger partial charge in [0.05, 0.1) is 18.4 Å². The largest absolute Gasteiger partial charge is 0.381 e. The van der Waals surface area contributed by atoms with Crippen molar-refractivity contribution in [3.63, 3.8) is 0 Å². The van der Waals surface area contributed by atoms with Crippen LogP contribution in [0.4, 0.5) is 10.1 Å². The highest BCUT2D eigenvalue weighted by Gasteiger charge is 2.06. The standard InChI is InChI=1S/C14H15BrFN3O/c1-9(2)18-12-6-14(20)19(17-7-12)8-10-3-4-11(16)5-13(10)15/h3-7,9,18H,8H2,1-2H3. The van der Waals surface area contributed by atoms with Gasteiger partial charge in [-0.2, -0.15) is 5.10 Å². The molecule has 0 unspecified atom stereocenters. The molecule has 20 heavy (non-hydrogen) atoms. The van der Waals surface area contributed by atoms with E-state index in [2.05, 4.69) is 26.3 Å². The van der Waals surface area contributed by atoms with E-state index in [1.165, 1.54) is 22.9 Å². The van der Waals surface area contributed by atoms with Crippen LogP contribution in [0.2, 0.25) is 0 Å². The smallest absolute Gasteiger partial charge is 0.269 e. The molecular weight excluding hydrogens is 325 g/mol. The molecule has 6 heteroatoms. The molecule has 0 aliphatic rings. The van der Waals surface area contributed by atoms with Gasteiger partial charge in [0, 0.05) is 16.6 Å². The van der Waals surface area contributed by atoms with E-state index in [0.29, 0.717) is 16.7 Å². The van der Waals surface area contributed by atoms with E-state index >= 15 is 0 Å². The number of hydrogen-bond donors (Lipinski definition) is 1. The first-order valence-electron chi connectivity index (χ1n) is 6.23. The fourth-order valence-electron chi connectivity index (χ4n) is 1.78. The molecule has 0 amide bonds. The van der Waals surface area contributed by atoms with Gasteiger partial charge in [0.1, 0.15) is 5.82 Å². The number of nitrogens with one attached hydrogen (secondary N) is 1. The monoisotopic (exact) mass is 339 g/mol. The number of nitrogens with zero attached hydrogens (tertiary/aromatic N) is 2. The Bertz CT molecular complexity index is 670. The minimum Gasteiger partial charge on any atom is -0.381 e. The topological polar surface area (TPSA) is 46.9 Å². The molecule has 0 aliphatic heterocycles. The Morgan fingerprint density at radius 2 is 2.15 bits per heavy atom. The van der Waals surface area contributed by atoms with Gasteiger partial charge in [0.2, 0.25) is 0 Å². The lowest BCUT2D eigenvalue weighted by Crippen LogP contribution is -2.24. The van der Waals surface area contributed by atoms with Crippen LogP contribution < -0.4 is 10.9 Å². The summed E-state index contributed by atoms with van der Waals surface area (Å²) in [5.74, 6) is -0.322. The lowest BCUT2D eigenvalue weighted by Gasteiger charge is -2.11. The van der Waals surface area contributed by atoms with E-state index < -0.39 is 0 Å². The molecule has 0 atom stereocenters. The molecule has 1 aromatic heterocycles. The first kappa shape index (κ1) is 14.7. The van der Waals surface area contributed by atoms with Crippen LogP contribution in [0.5, 0.6) is 0 Å². The maximum absolute atomic E-state index is 13.0. The van der Waals surface area contributed by atoms with Crippen LogP contribution in [0.25, 0.3) is 0 Å². The second kappa shape index (κ2) is 6.17. The van der Waals surface area contributed by atoms with Gasteiger partial charge in [0.25, 0.3) is 5.56 Å². The molecule has 0 saturated heterocycles. The second-order valence-electron chi connectivity index (χ2n) is 4.77. The molecule has 0 fully saturated rings. The Hall–Kier alpha value is -1.69. The molecule has 0 saturated carbocycles. The Labute approximate surface area is 124 Å². The zero-order chi connectivity index (χ0) is 14.7. The lowest BCUT2D eigenvalue weighted by molar-refractivity contribution is 0.617. The molecule has 1 N–H and O–H groups in total. The summed E-state index contributed by atoms with van der Waals surface area (Å²) in [7, 11) is 0. The minimum atomic E-state index is -0.322. The Balaban J connectivity index is 2.23. The Morgan fingerprint density at radius 1 is 1.40 bits per heavy atom. The normalized spacial score (nSPS) is 10.8. The number of anilines is 1. The molecule has 0 bridgehead atoms. The quantitative estimate of drug-likeness (QED) is 0.931. The van der Waals surface area contributed by atoms with E-state index in [1.54, 1.807) is 12.3 Å². The number of halogens is 2. The van der Waals surface area contributed by atoms with Gasteiger partial charge < -0.3 is 5.32 Å². The van der Waals surface area contributed by atoms with Crippen LogP contribution >= 0.6 is 15.9 Å². The maximum Gasteiger partial charge on any atom is 0.269 e. The summed E-state index contributed by atoms with van der Waals surface area (Å²) in [5, 5.41) is 7.24. The summed E-state index contributed by atoms with van der Waals surface area (Å²) >= 11 is 3.28. The van der Waals surface area contributed by atoms with Gasteiger partial charge in [0.15, 0.2) is 0 Å². The fraction of sp³-hybridized carbons (Fsp3) is 0.286. The van der Waals surface area contributed by atoms with Crippen molar-refractivity contribution in [1.82, 2.24) is 9.78 Å². The maximum atomic E-state index is 13.0. The van der Waals surface area contributed by atoms with Crippen LogP contribution in [-0.2, 0) is 6.54 Å². The SMILES string of the molecule is CC(C)Nc1cnn(Cc2ccc(F)cc2Br)c(=O)c1. The van der Waals surface area contributed by atoms with Gasteiger partial charge in [-0.15, -0.1) is 0 Å². The summed E-state index contributed by atoms with van der Waals surface area (Å²) in [6, 6.07) is 6.10. The third-order valence-corrected chi connectivity index (χ3v) is 3.40. The van der Waals surface area contributed by atoms with E-state index in [4.69, 9.17) is 0 Å². The predicted octanol–water partition coefficient (Wildman–Crippen LogP) is 3.01. The number of aromatic nitrogens is 2. The molecular formula is C14H15BrFN3O. The third kappa shape index (κ3) is 3.66. The first-order chi connectivity index (χ1) is 9.45. The Morgan fingerprint density at radius 3 is 2.75 bits per heavy atom. The zero-order valence-corrected chi connectivity index (χ0v) is 12.8. The van der Waals surface area contributed by atoms with E-state index in [1.807, 2.05) is 13.8 Å². The van der Waals surface area contributed by atoms with Gasteiger partial charge in [-0.05, 0) is 31.5 Å². The summed E-state index contributed by atoms with van der Waals surface area (Å²) in [4.78, 5) is 12.0. The van der Waals surface area contributed by atoms with E-state index in [-0.39, 0.29) is 17.4 Å². The molecule has 1 aromatic carbocycles. The zero-order valence-electron chi connectivity index (χ0n) is 11.2. The van der Waals surface area contributed by atoms with Crippen molar-refractivity contribution in [2.75, 3.05) is 5.32 Å². The molecule has 0 spiro atoms. The summed E-state index contributed by atoms with van der Waals surface area (Å²) in [6.45, 7) is 4.27. The van der Waals surface area contributed by atoms with Crippen molar-refractivity contribution < 1.29 is 4.39 Å². The number of rotatable bonds is 4. The summed E-state index contributed by atoms with van der Waals surface area (Å²) < 4.78 is 15.0. The predicted molar refractivity (Wildman–Crippen MR) is 80.5 cm³/mol. The average Bonchev–Trinajstić information content (AvgIpc) is 2.34. The summed E-state index contributed by atoms with van der Waals surface area (Å²) in [5.41, 5.74) is 1.29. The van der Waals surface area contributed by atoms with Crippen molar-refractivity contribution in [3.8, 4) is 0 Å². The minimum absolute atomic E-state index is 0.202. The van der Waals surface area contributed by atoms with Crippen LogP contribution in [0.3, 0.4) is 0 Å². The third-order valence-electron chi connectivity index (χ3n) is 2.66. The van der Waals surface area contributed by atoms with Crippen molar-refractivity contribution in [1.29, 1.82) is 0 Å². The second-order valence-corrected chi connectivity index (χ2v) is 5.63.